The van der Waals surface area contributed by atoms with Crippen LogP contribution in [0.25, 0.3) is 0 Å². The van der Waals surface area contributed by atoms with Gasteiger partial charge < -0.3 is 4.90 Å². The Bertz CT molecular complexity index is 635. The van der Waals surface area contributed by atoms with E-state index in [2.05, 4.69) is 41.3 Å². The summed E-state index contributed by atoms with van der Waals surface area (Å²) < 4.78 is 1.06. The summed E-state index contributed by atoms with van der Waals surface area (Å²) in [6.45, 7) is 2.14. The minimum atomic E-state index is 0.712. The summed E-state index contributed by atoms with van der Waals surface area (Å²) in [6, 6.07) is 9.91. The van der Waals surface area contributed by atoms with Crippen molar-refractivity contribution in [2.45, 2.75) is 19.3 Å². The third-order valence-electron chi connectivity index (χ3n) is 3.60. The molecule has 22 heavy (non-hydrogen) atoms. The third kappa shape index (κ3) is 4.04. The van der Waals surface area contributed by atoms with Crippen LogP contribution in [0.4, 0.5) is 11.6 Å². The van der Waals surface area contributed by atoms with Crippen molar-refractivity contribution in [3.8, 4) is 0 Å². The summed E-state index contributed by atoms with van der Waals surface area (Å²) in [5, 5.41) is 4.23. The number of hydrogen-bond acceptors (Lipinski definition) is 5. The second-order valence-corrected chi connectivity index (χ2v) is 6.15. The fourth-order valence-corrected chi connectivity index (χ4v) is 2.69. The number of aromatic nitrogens is 2. The van der Waals surface area contributed by atoms with Crippen LogP contribution in [-0.4, -0.2) is 29.3 Å². The Balaban J connectivity index is 1.63. The summed E-state index contributed by atoms with van der Waals surface area (Å²) in [5.41, 5.74) is 4.00. The highest BCUT2D eigenvalue weighted by Crippen LogP contribution is 2.19. The van der Waals surface area contributed by atoms with E-state index >= 15 is 0 Å². The van der Waals surface area contributed by atoms with E-state index < -0.39 is 0 Å². The highest BCUT2D eigenvalue weighted by atomic mass is 79.9. The Hall–Kier alpha value is -1.95. The van der Waals surface area contributed by atoms with Gasteiger partial charge in [-0.05, 0) is 37.0 Å². The number of rotatable bonds is 4. The van der Waals surface area contributed by atoms with Crippen LogP contribution < -0.4 is 10.3 Å². The van der Waals surface area contributed by atoms with Gasteiger partial charge >= 0.3 is 0 Å². The van der Waals surface area contributed by atoms with Crippen molar-refractivity contribution in [1.29, 1.82) is 0 Å². The molecule has 0 atom stereocenters. The molecule has 6 heteroatoms. The number of nitrogens with one attached hydrogen (secondary N) is 1. The van der Waals surface area contributed by atoms with Gasteiger partial charge in [0.15, 0.2) is 5.82 Å². The van der Waals surface area contributed by atoms with E-state index in [4.69, 9.17) is 0 Å². The van der Waals surface area contributed by atoms with Crippen LogP contribution in [0.1, 0.15) is 24.8 Å². The van der Waals surface area contributed by atoms with Gasteiger partial charge in [-0.15, -0.1) is 0 Å². The molecule has 0 radical (unpaired) electrons. The minimum absolute atomic E-state index is 0.712. The van der Waals surface area contributed by atoms with E-state index in [9.17, 15) is 0 Å². The zero-order chi connectivity index (χ0) is 15.2. The second-order valence-electron chi connectivity index (χ2n) is 5.23. The molecule has 0 bridgehead atoms. The van der Waals surface area contributed by atoms with Crippen LogP contribution in [0.3, 0.4) is 0 Å². The maximum Gasteiger partial charge on any atom is 0.151 e. The lowest BCUT2D eigenvalue weighted by molar-refractivity contribution is 0.573. The van der Waals surface area contributed by atoms with Crippen molar-refractivity contribution in [1.82, 2.24) is 9.97 Å². The predicted octanol–water partition coefficient (Wildman–Crippen LogP) is 3.68. The molecule has 1 aliphatic rings. The molecule has 0 saturated carbocycles. The lowest BCUT2D eigenvalue weighted by atomic mass is 10.1. The average Bonchev–Trinajstić information content (AvgIpc) is 2.58. The number of hydrogen-bond donors (Lipinski definition) is 1. The zero-order valence-electron chi connectivity index (χ0n) is 12.2. The summed E-state index contributed by atoms with van der Waals surface area (Å²) in [4.78, 5) is 10.9. The smallest absolute Gasteiger partial charge is 0.151 e. The van der Waals surface area contributed by atoms with Crippen LogP contribution in [0.5, 0.6) is 0 Å². The number of anilines is 2. The fourth-order valence-electron chi connectivity index (χ4n) is 2.43. The molecule has 2 aromatic rings. The standard InChI is InChI=1S/C16H18BrN5/c17-14-6-4-13(5-7-14)11-20-21-15-10-16(19-12-18-15)22-8-2-1-3-9-22/h4-7,10-12H,1-3,8-9H2,(H,18,19,21)/b20-11+. The van der Waals surface area contributed by atoms with E-state index in [0.717, 1.165) is 28.9 Å². The van der Waals surface area contributed by atoms with Crippen molar-refractivity contribution in [3.63, 3.8) is 0 Å². The molecule has 1 N–H and O–H groups in total. The minimum Gasteiger partial charge on any atom is -0.356 e. The van der Waals surface area contributed by atoms with Crippen LogP contribution in [0.2, 0.25) is 0 Å². The molecule has 3 rings (SSSR count). The Morgan fingerprint density at radius 1 is 1.09 bits per heavy atom. The normalized spacial score (nSPS) is 15.2. The summed E-state index contributed by atoms with van der Waals surface area (Å²) >= 11 is 3.41. The van der Waals surface area contributed by atoms with Crippen LogP contribution >= 0.6 is 15.9 Å². The van der Waals surface area contributed by atoms with Gasteiger partial charge in [-0.1, -0.05) is 28.1 Å². The molecule has 0 spiro atoms. The fraction of sp³-hybridized carbons (Fsp3) is 0.312. The Kier molecular flexibility index (Phi) is 5.00. The zero-order valence-corrected chi connectivity index (χ0v) is 13.8. The van der Waals surface area contributed by atoms with Gasteiger partial charge in [0.25, 0.3) is 0 Å². The molecule has 0 aliphatic carbocycles. The van der Waals surface area contributed by atoms with Gasteiger partial charge in [0.1, 0.15) is 12.1 Å². The Morgan fingerprint density at radius 3 is 2.64 bits per heavy atom. The summed E-state index contributed by atoms with van der Waals surface area (Å²) in [6.07, 6.45) is 7.13. The van der Waals surface area contributed by atoms with E-state index in [1.54, 1.807) is 12.5 Å². The van der Waals surface area contributed by atoms with Crippen LogP contribution in [-0.2, 0) is 0 Å². The quantitative estimate of drug-likeness (QED) is 0.668. The Morgan fingerprint density at radius 2 is 1.86 bits per heavy atom. The number of hydrazone groups is 1. The first-order valence-corrected chi connectivity index (χ1v) is 8.22. The first-order valence-electron chi connectivity index (χ1n) is 7.43. The van der Waals surface area contributed by atoms with E-state index in [-0.39, 0.29) is 0 Å². The molecular formula is C16H18BrN5. The lowest BCUT2D eigenvalue weighted by Crippen LogP contribution is -2.30. The van der Waals surface area contributed by atoms with Gasteiger partial charge in [-0.3, -0.25) is 5.43 Å². The maximum atomic E-state index is 4.36. The molecule has 1 fully saturated rings. The lowest BCUT2D eigenvalue weighted by Gasteiger charge is -2.27. The SMILES string of the molecule is Brc1ccc(/C=N/Nc2cc(N3CCCCC3)ncn2)cc1. The predicted molar refractivity (Wildman–Crippen MR) is 93.5 cm³/mol. The largest absolute Gasteiger partial charge is 0.356 e. The summed E-state index contributed by atoms with van der Waals surface area (Å²) in [7, 11) is 0. The molecular weight excluding hydrogens is 342 g/mol. The van der Waals surface area contributed by atoms with Gasteiger partial charge in [0.05, 0.1) is 6.21 Å². The van der Waals surface area contributed by atoms with E-state index in [1.807, 2.05) is 30.3 Å². The van der Waals surface area contributed by atoms with Crippen LogP contribution in [0, 0.1) is 0 Å². The molecule has 1 aromatic carbocycles. The highest BCUT2D eigenvalue weighted by molar-refractivity contribution is 9.10. The molecule has 0 amide bonds. The first kappa shape index (κ1) is 15.0. The van der Waals surface area contributed by atoms with E-state index in [1.165, 1.54) is 19.3 Å². The van der Waals surface area contributed by atoms with Gasteiger partial charge in [0.2, 0.25) is 0 Å². The van der Waals surface area contributed by atoms with Crippen LogP contribution in [0.15, 0.2) is 46.2 Å². The van der Waals surface area contributed by atoms with Crippen molar-refractivity contribution in [2.75, 3.05) is 23.4 Å². The number of nitrogens with zero attached hydrogens (tertiary/aromatic N) is 4. The Labute approximate surface area is 138 Å². The molecule has 1 aromatic heterocycles. The van der Waals surface area contributed by atoms with Crippen molar-refractivity contribution in [3.05, 3.63) is 46.7 Å². The van der Waals surface area contributed by atoms with Crippen molar-refractivity contribution < 1.29 is 0 Å². The molecule has 5 nitrogen and oxygen atoms in total. The topological polar surface area (TPSA) is 53.4 Å². The van der Waals surface area contributed by atoms with Crippen molar-refractivity contribution in [2.24, 2.45) is 5.10 Å². The molecule has 114 valence electrons. The third-order valence-corrected chi connectivity index (χ3v) is 4.12. The number of benzene rings is 1. The molecule has 1 aliphatic heterocycles. The second kappa shape index (κ2) is 7.35. The van der Waals surface area contributed by atoms with Gasteiger partial charge in [-0.2, -0.15) is 5.10 Å². The van der Waals surface area contributed by atoms with Crippen molar-refractivity contribution >= 4 is 33.8 Å². The number of halogens is 1. The van der Waals surface area contributed by atoms with E-state index in [0.29, 0.717) is 5.82 Å². The van der Waals surface area contributed by atoms with Gasteiger partial charge in [0, 0.05) is 23.6 Å². The van der Waals surface area contributed by atoms with Gasteiger partial charge in [-0.25, -0.2) is 9.97 Å². The average molecular weight is 360 g/mol. The molecule has 1 saturated heterocycles. The monoisotopic (exact) mass is 359 g/mol. The maximum absolute atomic E-state index is 4.36. The first-order chi connectivity index (χ1) is 10.8. The number of piperidine rings is 1. The molecule has 2 heterocycles. The highest BCUT2D eigenvalue weighted by Gasteiger charge is 2.12. The summed E-state index contributed by atoms with van der Waals surface area (Å²) in [5.74, 6) is 1.68. The molecule has 0 unspecified atom stereocenters.